The van der Waals surface area contributed by atoms with E-state index in [0.29, 0.717) is 13.0 Å². The van der Waals surface area contributed by atoms with Crippen LogP contribution in [0.15, 0.2) is 53.4 Å². The predicted octanol–water partition coefficient (Wildman–Crippen LogP) is 2.09. The lowest BCUT2D eigenvalue weighted by Crippen LogP contribution is -2.40. The molecule has 3 rings (SSSR count). The number of fused-ring (bicyclic) bond motifs is 1. The van der Waals surface area contributed by atoms with Crippen LogP contribution in [0.2, 0.25) is 0 Å². The molecule has 1 N–H and O–H groups in total. The number of amides is 1. The minimum Gasteiger partial charge on any atom is -0.493 e. The molecule has 1 aliphatic heterocycles. The van der Waals surface area contributed by atoms with Gasteiger partial charge in [0.25, 0.3) is 0 Å². The second-order valence-corrected chi connectivity index (χ2v) is 8.05. The van der Waals surface area contributed by atoms with Gasteiger partial charge in [0.15, 0.2) is 0 Å². The molecule has 0 aromatic heterocycles. The van der Waals surface area contributed by atoms with Crippen molar-refractivity contribution in [3.05, 3.63) is 59.9 Å². The number of hydrogen-bond acceptors (Lipinski definition) is 4. The van der Waals surface area contributed by atoms with Crippen LogP contribution < -0.4 is 10.1 Å². The number of benzene rings is 2. The lowest BCUT2D eigenvalue weighted by molar-refractivity contribution is -0.122. The van der Waals surface area contributed by atoms with Crippen molar-refractivity contribution in [2.45, 2.75) is 17.4 Å². The second kappa shape index (κ2) is 7.43. The van der Waals surface area contributed by atoms with Crippen molar-refractivity contribution in [1.82, 2.24) is 9.62 Å². The first-order valence-corrected chi connectivity index (χ1v) is 9.55. The molecule has 0 saturated carbocycles. The Labute approximate surface area is 151 Å². The van der Waals surface area contributed by atoms with Gasteiger partial charge in [0.05, 0.1) is 24.1 Å². The molecule has 2 aromatic carbocycles. The van der Waals surface area contributed by atoms with Gasteiger partial charge in [0.2, 0.25) is 15.9 Å². The van der Waals surface area contributed by atoms with Crippen LogP contribution in [0.25, 0.3) is 0 Å². The van der Waals surface area contributed by atoms with E-state index in [4.69, 9.17) is 4.74 Å². The molecule has 0 spiro atoms. The molecule has 0 fully saturated rings. The molecule has 1 unspecified atom stereocenters. The van der Waals surface area contributed by atoms with E-state index < -0.39 is 21.7 Å². The zero-order chi connectivity index (χ0) is 18.7. The zero-order valence-electron chi connectivity index (χ0n) is 14.2. The molecule has 138 valence electrons. The minimum atomic E-state index is -3.87. The summed E-state index contributed by atoms with van der Waals surface area (Å²) < 4.78 is 44.4. The number of rotatable bonds is 5. The second-order valence-electron chi connectivity index (χ2n) is 6.01. The Morgan fingerprint density at radius 1 is 1.23 bits per heavy atom. The number of carbonyl (C=O) groups excluding carboxylic acids is 1. The number of nitrogens with one attached hydrogen (secondary N) is 1. The Bertz CT molecular complexity index is 900. The average molecular weight is 378 g/mol. The highest BCUT2D eigenvalue weighted by molar-refractivity contribution is 7.89. The van der Waals surface area contributed by atoms with Crippen molar-refractivity contribution >= 4 is 15.9 Å². The van der Waals surface area contributed by atoms with Crippen LogP contribution >= 0.6 is 0 Å². The van der Waals surface area contributed by atoms with Crippen LogP contribution in [-0.4, -0.2) is 38.8 Å². The van der Waals surface area contributed by atoms with E-state index in [1.165, 1.54) is 19.2 Å². The third-order valence-corrected chi connectivity index (χ3v) is 6.00. The average Bonchev–Trinajstić information content (AvgIpc) is 2.62. The Balaban J connectivity index is 1.67. The van der Waals surface area contributed by atoms with Gasteiger partial charge in [0.1, 0.15) is 11.6 Å². The van der Waals surface area contributed by atoms with E-state index in [9.17, 15) is 17.6 Å². The van der Waals surface area contributed by atoms with Crippen LogP contribution in [0.3, 0.4) is 0 Å². The summed E-state index contributed by atoms with van der Waals surface area (Å²) >= 11 is 0. The van der Waals surface area contributed by atoms with Gasteiger partial charge in [-0.15, -0.1) is 0 Å². The SMILES string of the molecule is CN(CC(=O)NC1CCOc2ccccc21)S(=O)(=O)c1ccc(F)cc1. The van der Waals surface area contributed by atoms with Crippen LogP contribution in [0, 0.1) is 5.82 Å². The van der Waals surface area contributed by atoms with Gasteiger partial charge in [-0.25, -0.2) is 12.8 Å². The number of ether oxygens (including phenoxy) is 1. The van der Waals surface area contributed by atoms with Gasteiger partial charge < -0.3 is 10.1 Å². The van der Waals surface area contributed by atoms with Crippen molar-refractivity contribution in [3.8, 4) is 5.75 Å². The monoisotopic (exact) mass is 378 g/mol. The highest BCUT2D eigenvalue weighted by atomic mass is 32.2. The van der Waals surface area contributed by atoms with Crippen LogP contribution in [0.1, 0.15) is 18.0 Å². The maximum atomic E-state index is 13.0. The maximum absolute atomic E-state index is 13.0. The zero-order valence-corrected chi connectivity index (χ0v) is 15.0. The first-order valence-electron chi connectivity index (χ1n) is 8.11. The van der Waals surface area contributed by atoms with E-state index in [1.807, 2.05) is 24.3 Å². The van der Waals surface area contributed by atoms with Crippen LogP contribution in [0.4, 0.5) is 4.39 Å². The molecule has 1 atom stereocenters. The van der Waals surface area contributed by atoms with Gasteiger partial charge in [0, 0.05) is 19.0 Å². The van der Waals surface area contributed by atoms with Crippen molar-refractivity contribution < 1.29 is 22.3 Å². The first-order chi connectivity index (χ1) is 12.4. The van der Waals surface area contributed by atoms with Gasteiger partial charge in [-0.2, -0.15) is 4.31 Å². The van der Waals surface area contributed by atoms with E-state index in [1.54, 1.807) is 0 Å². The Morgan fingerprint density at radius 2 is 1.92 bits per heavy atom. The van der Waals surface area contributed by atoms with Crippen LogP contribution in [-0.2, 0) is 14.8 Å². The molecular weight excluding hydrogens is 359 g/mol. The third kappa shape index (κ3) is 3.86. The van der Waals surface area contributed by atoms with Crippen LogP contribution in [0.5, 0.6) is 5.75 Å². The molecule has 1 amide bonds. The number of halogens is 1. The highest BCUT2D eigenvalue weighted by Gasteiger charge is 2.26. The van der Waals surface area contributed by atoms with E-state index >= 15 is 0 Å². The van der Waals surface area contributed by atoms with Crippen molar-refractivity contribution in [2.75, 3.05) is 20.2 Å². The number of likely N-dealkylation sites (N-methyl/N-ethyl adjacent to an activating group) is 1. The van der Waals surface area contributed by atoms with Gasteiger partial charge >= 0.3 is 0 Å². The Hall–Kier alpha value is -2.45. The Kier molecular flexibility index (Phi) is 5.24. The Morgan fingerprint density at radius 3 is 2.65 bits per heavy atom. The fourth-order valence-electron chi connectivity index (χ4n) is 2.81. The van der Waals surface area contributed by atoms with Crippen molar-refractivity contribution in [2.24, 2.45) is 0 Å². The third-order valence-electron chi connectivity index (χ3n) is 4.18. The summed E-state index contributed by atoms with van der Waals surface area (Å²) in [5.41, 5.74) is 0.871. The topological polar surface area (TPSA) is 75.7 Å². The van der Waals surface area contributed by atoms with E-state index in [-0.39, 0.29) is 17.5 Å². The van der Waals surface area contributed by atoms with Crippen molar-refractivity contribution in [3.63, 3.8) is 0 Å². The molecule has 1 heterocycles. The molecular formula is C18H19FN2O4S. The summed E-state index contributed by atoms with van der Waals surface area (Å²) in [7, 11) is -2.56. The van der Waals surface area contributed by atoms with E-state index in [2.05, 4.69) is 5.32 Å². The standard InChI is InChI=1S/C18H19FN2O4S/c1-21(26(23,24)14-8-6-13(19)7-9-14)12-18(22)20-16-10-11-25-17-5-3-2-4-15(16)17/h2-9,16H,10-12H2,1H3,(H,20,22). The fraction of sp³-hybridized carbons (Fsp3) is 0.278. The van der Waals surface area contributed by atoms with Crippen molar-refractivity contribution in [1.29, 1.82) is 0 Å². The lowest BCUT2D eigenvalue weighted by Gasteiger charge is -2.27. The summed E-state index contributed by atoms with van der Waals surface area (Å²) in [6.07, 6.45) is 0.608. The summed E-state index contributed by atoms with van der Waals surface area (Å²) in [5, 5.41) is 2.85. The summed E-state index contributed by atoms with van der Waals surface area (Å²) in [5.74, 6) is -0.223. The normalized spacial score (nSPS) is 16.7. The smallest absolute Gasteiger partial charge is 0.243 e. The van der Waals surface area contributed by atoms with Gasteiger partial charge in [-0.3, -0.25) is 4.79 Å². The first kappa shape index (κ1) is 18.3. The minimum absolute atomic E-state index is 0.0642. The number of nitrogens with zero attached hydrogens (tertiary/aromatic N) is 1. The summed E-state index contributed by atoms with van der Waals surface area (Å²) in [4.78, 5) is 12.3. The molecule has 0 radical (unpaired) electrons. The molecule has 26 heavy (non-hydrogen) atoms. The molecule has 1 aliphatic rings. The largest absolute Gasteiger partial charge is 0.493 e. The number of carbonyl (C=O) groups is 1. The molecule has 2 aromatic rings. The number of hydrogen-bond donors (Lipinski definition) is 1. The molecule has 0 saturated heterocycles. The van der Waals surface area contributed by atoms with Gasteiger partial charge in [-0.05, 0) is 30.3 Å². The lowest BCUT2D eigenvalue weighted by atomic mass is 10.0. The molecule has 0 bridgehead atoms. The molecule has 8 heteroatoms. The number of sulfonamides is 1. The predicted molar refractivity (Wildman–Crippen MR) is 93.7 cm³/mol. The molecule has 6 nitrogen and oxygen atoms in total. The quantitative estimate of drug-likeness (QED) is 0.864. The van der Waals surface area contributed by atoms with E-state index in [0.717, 1.165) is 27.8 Å². The number of para-hydroxylation sites is 1. The summed E-state index contributed by atoms with van der Waals surface area (Å²) in [6.45, 7) is 0.144. The maximum Gasteiger partial charge on any atom is 0.243 e. The highest BCUT2D eigenvalue weighted by Crippen LogP contribution is 2.31. The fourth-order valence-corrected chi connectivity index (χ4v) is 3.93. The summed E-state index contributed by atoms with van der Waals surface area (Å²) in [6, 6.07) is 11.7. The molecule has 0 aliphatic carbocycles. The van der Waals surface area contributed by atoms with Gasteiger partial charge in [-0.1, -0.05) is 18.2 Å².